The Hall–Kier alpha value is -3.21. The summed E-state index contributed by atoms with van der Waals surface area (Å²) in [5.74, 6) is -0.0105. The third-order valence-electron chi connectivity index (χ3n) is 5.24. The summed E-state index contributed by atoms with van der Waals surface area (Å²) in [5, 5.41) is 3.06. The van der Waals surface area contributed by atoms with Gasteiger partial charge in [0.15, 0.2) is 5.82 Å². The van der Waals surface area contributed by atoms with Gasteiger partial charge < -0.3 is 19.5 Å². The average molecular weight is 447 g/mol. The summed E-state index contributed by atoms with van der Waals surface area (Å²) >= 11 is 0. The van der Waals surface area contributed by atoms with Gasteiger partial charge >= 0.3 is 0 Å². The lowest BCUT2D eigenvalue weighted by atomic mass is 10.1. The Morgan fingerprint density at radius 3 is 2.72 bits per heavy atom. The van der Waals surface area contributed by atoms with Crippen LogP contribution in [0.2, 0.25) is 0 Å². The van der Waals surface area contributed by atoms with Crippen molar-refractivity contribution in [1.82, 2.24) is 19.5 Å². The zero-order valence-corrected chi connectivity index (χ0v) is 17.9. The Bertz CT molecular complexity index is 1180. The normalized spacial score (nSPS) is 15.1. The smallest absolute Gasteiger partial charge is 0.266 e. The highest BCUT2D eigenvalue weighted by molar-refractivity contribution is 5.85. The standard InChI is InChI=1S/C21H24F3N7O/c1-3-25-20-29-19(26-11-13-5-4-6-14(16(13)22)18(23)24)17-15(30(20)2)12-27-21(28-17)31-7-9-32-10-8-31/h4-6,12,18H,3,7-11H2,1-2H3,(H,25,26,29). The van der Waals surface area contributed by atoms with Gasteiger partial charge in [-0.05, 0) is 6.92 Å². The lowest BCUT2D eigenvalue weighted by molar-refractivity contribution is 0.122. The van der Waals surface area contributed by atoms with Gasteiger partial charge in [-0.1, -0.05) is 18.2 Å². The molecule has 8 nitrogen and oxygen atoms in total. The average Bonchev–Trinajstić information content (AvgIpc) is 2.81. The van der Waals surface area contributed by atoms with Crippen molar-refractivity contribution >= 4 is 22.8 Å². The second kappa shape index (κ2) is 9.51. The van der Waals surface area contributed by atoms with Crippen LogP contribution in [0, 0.1) is 5.82 Å². The number of ether oxygens (including phenoxy) is 1. The van der Waals surface area contributed by atoms with Gasteiger partial charge in [-0.15, -0.1) is 0 Å². The van der Waals surface area contributed by atoms with Crippen LogP contribution in [-0.4, -0.2) is 52.4 Å². The van der Waals surface area contributed by atoms with Gasteiger partial charge in [0.05, 0.1) is 30.5 Å². The number of hydrogen-bond donors (Lipinski definition) is 1. The zero-order valence-electron chi connectivity index (χ0n) is 17.9. The van der Waals surface area contributed by atoms with Gasteiger partial charge in [-0.2, -0.15) is 4.98 Å². The van der Waals surface area contributed by atoms with Crippen LogP contribution in [0.15, 0.2) is 29.4 Å². The maximum absolute atomic E-state index is 14.5. The molecule has 0 amide bonds. The fraction of sp³-hybridized carbons (Fsp3) is 0.429. The predicted octanol–water partition coefficient (Wildman–Crippen LogP) is 2.81. The summed E-state index contributed by atoms with van der Waals surface area (Å²) in [6.07, 6.45) is -1.18. The molecule has 32 heavy (non-hydrogen) atoms. The molecule has 1 aliphatic rings. The van der Waals surface area contributed by atoms with E-state index in [0.717, 1.165) is 6.07 Å². The number of aromatic nitrogens is 4. The molecule has 11 heteroatoms. The molecular weight excluding hydrogens is 423 g/mol. The molecule has 1 saturated heterocycles. The Morgan fingerprint density at radius 2 is 2.00 bits per heavy atom. The number of morpholine rings is 1. The molecule has 0 atom stereocenters. The third kappa shape index (κ3) is 4.38. The lowest BCUT2D eigenvalue weighted by Gasteiger charge is -2.27. The Kier molecular flexibility index (Phi) is 6.54. The third-order valence-corrected chi connectivity index (χ3v) is 5.24. The SMILES string of the molecule is CCN=c1nc(NCc2cccc(C(F)F)c2F)c2nc(N3CCOCC3)ncc2n1C. The molecule has 3 aromatic rings. The topological polar surface area (TPSA) is 80.5 Å². The maximum Gasteiger partial charge on any atom is 0.266 e. The minimum absolute atomic E-state index is 0.0370. The largest absolute Gasteiger partial charge is 0.378 e. The minimum atomic E-state index is -2.89. The van der Waals surface area contributed by atoms with Gasteiger partial charge in [0.1, 0.15) is 11.3 Å². The summed E-state index contributed by atoms with van der Waals surface area (Å²) in [6.45, 7) is 4.89. The van der Waals surface area contributed by atoms with E-state index in [9.17, 15) is 13.2 Å². The Morgan fingerprint density at radius 1 is 1.22 bits per heavy atom. The molecule has 1 aromatic carbocycles. The highest BCUT2D eigenvalue weighted by Crippen LogP contribution is 2.25. The molecule has 0 bridgehead atoms. The van der Waals surface area contributed by atoms with Crippen molar-refractivity contribution in [2.75, 3.05) is 43.1 Å². The number of alkyl halides is 2. The molecule has 0 unspecified atom stereocenters. The molecule has 3 heterocycles. The van der Waals surface area contributed by atoms with Gasteiger partial charge in [0.2, 0.25) is 11.6 Å². The highest BCUT2D eigenvalue weighted by atomic mass is 19.3. The molecule has 0 saturated carbocycles. The van der Waals surface area contributed by atoms with Crippen LogP contribution in [0.4, 0.5) is 24.9 Å². The molecule has 1 fully saturated rings. The number of halogens is 3. The molecule has 4 rings (SSSR count). The molecular formula is C21H24F3N7O. The van der Waals surface area contributed by atoms with Crippen LogP contribution in [0.5, 0.6) is 0 Å². The summed E-state index contributed by atoms with van der Waals surface area (Å²) in [7, 11) is 1.82. The Labute approximate surface area is 182 Å². The molecule has 1 aliphatic heterocycles. The summed E-state index contributed by atoms with van der Waals surface area (Å²) in [6, 6.07) is 3.96. The van der Waals surface area contributed by atoms with E-state index >= 15 is 0 Å². The first-order chi connectivity index (χ1) is 15.5. The van der Waals surface area contributed by atoms with Gasteiger partial charge in [0.25, 0.3) is 6.43 Å². The molecule has 0 radical (unpaired) electrons. The number of rotatable bonds is 6. The monoisotopic (exact) mass is 447 g/mol. The predicted molar refractivity (Wildman–Crippen MR) is 114 cm³/mol. The van der Waals surface area contributed by atoms with Crippen molar-refractivity contribution in [2.45, 2.75) is 19.9 Å². The number of fused-ring (bicyclic) bond motifs is 1. The quantitative estimate of drug-likeness (QED) is 0.626. The number of anilines is 2. The van der Waals surface area contributed by atoms with Crippen molar-refractivity contribution in [3.63, 3.8) is 0 Å². The van der Waals surface area contributed by atoms with Crippen molar-refractivity contribution in [3.05, 3.63) is 47.0 Å². The first kappa shape index (κ1) is 22.0. The fourth-order valence-electron chi connectivity index (χ4n) is 3.53. The van der Waals surface area contributed by atoms with Crippen LogP contribution in [0.1, 0.15) is 24.5 Å². The summed E-state index contributed by atoms with van der Waals surface area (Å²) in [4.78, 5) is 20.2. The fourth-order valence-corrected chi connectivity index (χ4v) is 3.53. The van der Waals surface area contributed by atoms with E-state index in [1.54, 1.807) is 10.8 Å². The minimum Gasteiger partial charge on any atom is -0.378 e. The van der Waals surface area contributed by atoms with Crippen LogP contribution >= 0.6 is 0 Å². The first-order valence-electron chi connectivity index (χ1n) is 10.4. The van der Waals surface area contributed by atoms with Gasteiger partial charge in [-0.3, -0.25) is 4.99 Å². The number of nitrogens with zero attached hydrogens (tertiary/aromatic N) is 6. The number of nitrogens with one attached hydrogen (secondary N) is 1. The molecule has 2 aromatic heterocycles. The molecule has 170 valence electrons. The van der Waals surface area contributed by atoms with E-state index in [1.165, 1.54) is 12.1 Å². The number of hydrogen-bond acceptors (Lipinski definition) is 7. The summed E-state index contributed by atoms with van der Waals surface area (Å²) in [5.41, 5.74) is 1.16. The van der Waals surface area contributed by atoms with E-state index in [1.807, 2.05) is 18.9 Å². The second-order valence-corrected chi connectivity index (χ2v) is 7.27. The van der Waals surface area contributed by atoms with Crippen molar-refractivity contribution in [3.8, 4) is 0 Å². The molecule has 0 spiro atoms. The van der Waals surface area contributed by atoms with Crippen molar-refractivity contribution < 1.29 is 17.9 Å². The van der Waals surface area contributed by atoms with Crippen LogP contribution < -0.4 is 15.8 Å². The van der Waals surface area contributed by atoms with Gasteiger partial charge in [0, 0.05) is 38.8 Å². The van der Waals surface area contributed by atoms with E-state index in [4.69, 9.17) is 9.72 Å². The highest BCUT2D eigenvalue weighted by Gasteiger charge is 2.19. The van der Waals surface area contributed by atoms with E-state index in [2.05, 4.69) is 20.3 Å². The lowest BCUT2D eigenvalue weighted by Crippen LogP contribution is -2.37. The van der Waals surface area contributed by atoms with E-state index in [0.29, 0.717) is 61.3 Å². The molecule has 1 N–H and O–H groups in total. The van der Waals surface area contributed by atoms with E-state index in [-0.39, 0.29) is 12.1 Å². The summed E-state index contributed by atoms with van der Waals surface area (Å²) < 4.78 is 47.8. The van der Waals surface area contributed by atoms with Gasteiger partial charge in [-0.25, -0.2) is 23.1 Å². The zero-order chi connectivity index (χ0) is 22.7. The van der Waals surface area contributed by atoms with Crippen LogP contribution in [0.25, 0.3) is 11.0 Å². The maximum atomic E-state index is 14.5. The first-order valence-corrected chi connectivity index (χ1v) is 10.4. The second-order valence-electron chi connectivity index (χ2n) is 7.27. The van der Waals surface area contributed by atoms with Crippen molar-refractivity contribution in [2.24, 2.45) is 12.0 Å². The van der Waals surface area contributed by atoms with E-state index < -0.39 is 17.8 Å². The molecule has 0 aliphatic carbocycles. The number of aryl methyl sites for hydroxylation is 1. The van der Waals surface area contributed by atoms with Crippen LogP contribution in [0.3, 0.4) is 0 Å². The van der Waals surface area contributed by atoms with Crippen molar-refractivity contribution in [1.29, 1.82) is 0 Å². The number of benzene rings is 1. The Balaban J connectivity index is 1.75. The van der Waals surface area contributed by atoms with Crippen LogP contribution in [-0.2, 0) is 18.3 Å².